The number of aryl methyl sites for hydroxylation is 1. The summed E-state index contributed by atoms with van der Waals surface area (Å²) in [5.74, 6) is 5.51. The molecule has 2 rings (SSSR count). The predicted octanol–water partition coefficient (Wildman–Crippen LogP) is 1.03. The zero-order valence-corrected chi connectivity index (χ0v) is 11.8. The summed E-state index contributed by atoms with van der Waals surface area (Å²) in [6, 6.07) is 9.10. The Labute approximate surface area is 123 Å². The van der Waals surface area contributed by atoms with E-state index in [1.165, 1.54) is 0 Å². The molecule has 3 N–H and O–H groups in total. The second-order valence-corrected chi connectivity index (χ2v) is 4.45. The van der Waals surface area contributed by atoms with Gasteiger partial charge < -0.3 is 11.1 Å². The molecule has 0 bridgehead atoms. The normalized spacial score (nSPS) is 9.62. The largest absolute Gasteiger partial charge is 0.346 e. The monoisotopic (exact) mass is 280 g/mol. The molecule has 2 aromatic rings. The van der Waals surface area contributed by atoms with Crippen molar-refractivity contribution in [2.45, 2.75) is 13.5 Å². The van der Waals surface area contributed by atoms with Crippen molar-refractivity contribution in [1.82, 2.24) is 15.5 Å². The van der Waals surface area contributed by atoms with Crippen LogP contribution in [0, 0.1) is 18.8 Å². The Morgan fingerprint density at radius 1 is 1.38 bits per heavy atom. The van der Waals surface area contributed by atoms with Gasteiger partial charge in [-0.15, -0.1) is 0 Å². The molecule has 1 amide bonds. The van der Waals surface area contributed by atoms with Crippen LogP contribution in [-0.2, 0) is 6.54 Å². The molecule has 0 unspecified atom stereocenters. The number of carbonyl (C=O) groups excluding carboxylic acids is 1. The fourth-order valence-corrected chi connectivity index (χ4v) is 1.80. The molecule has 0 aliphatic rings. The van der Waals surface area contributed by atoms with E-state index in [9.17, 15) is 4.79 Å². The Morgan fingerprint density at radius 2 is 2.24 bits per heavy atom. The molecule has 1 aromatic heterocycles. The van der Waals surface area contributed by atoms with Crippen molar-refractivity contribution in [3.63, 3.8) is 0 Å². The molecular weight excluding hydrogens is 264 g/mol. The minimum absolute atomic E-state index is 0.193. The first-order valence-electron chi connectivity index (χ1n) is 6.55. The summed E-state index contributed by atoms with van der Waals surface area (Å²) >= 11 is 0. The van der Waals surface area contributed by atoms with Crippen molar-refractivity contribution >= 4 is 5.91 Å². The summed E-state index contributed by atoms with van der Waals surface area (Å²) < 4.78 is 0. The Hall–Kier alpha value is -2.71. The molecule has 0 spiro atoms. The maximum absolute atomic E-state index is 12.3. The van der Waals surface area contributed by atoms with Gasteiger partial charge in [-0.25, -0.2) is 0 Å². The Kier molecular flexibility index (Phi) is 5.02. The Bertz CT molecular complexity index is 686. The van der Waals surface area contributed by atoms with Crippen LogP contribution in [-0.4, -0.2) is 22.6 Å². The second kappa shape index (κ2) is 7.17. The van der Waals surface area contributed by atoms with Crippen molar-refractivity contribution in [2.24, 2.45) is 5.73 Å². The molecule has 0 aliphatic carbocycles. The fraction of sp³-hybridized carbons (Fsp3) is 0.188. The molecule has 0 fully saturated rings. The first-order valence-corrected chi connectivity index (χ1v) is 6.55. The molecule has 0 radical (unpaired) electrons. The molecule has 1 heterocycles. The van der Waals surface area contributed by atoms with Crippen molar-refractivity contribution in [1.29, 1.82) is 0 Å². The van der Waals surface area contributed by atoms with Crippen LogP contribution in [0.1, 0.15) is 27.2 Å². The average molecular weight is 280 g/mol. The summed E-state index contributed by atoms with van der Waals surface area (Å²) in [6.07, 6.45) is 1.59. The highest BCUT2D eigenvalue weighted by Crippen LogP contribution is 2.11. The number of nitrogens with one attached hydrogen (secondary N) is 1. The molecule has 0 atom stereocenters. The zero-order chi connectivity index (χ0) is 15.1. The molecular formula is C16H16N4O. The van der Waals surface area contributed by atoms with Crippen LogP contribution in [0.2, 0.25) is 0 Å². The number of carbonyl (C=O) groups is 1. The van der Waals surface area contributed by atoms with Crippen LogP contribution in [0.3, 0.4) is 0 Å². The van der Waals surface area contributed by atoms with E-state index in [-0.39, 0.29) is 12.5 Å². The lowest BCUT2D eigenvalue weighted by atomic mass is 10.0. The number of amides is 1. The third-order valence-electron chi connectivity index (χ3n) is 2.80. The minimum Gasteiger partial charge on any atom is -0.346 e. The van der Waals surface area contributed by atoms with Crippen LogP contribution >= 0.6 is 0 Å². The number of rotatable bonds is 3. The van der Waals surface area contributed by atoms with Crippen molar-refractivity contribution in [3.8, 4) is 11.8 Å². The van der Waals surface area contributed by atoms with Crippen LogP contribution < -0.4 is 11.1 Å². The van der Waals surface area contributed by atoms with Crippen LogP contribution in [0.4, 0.5) is 0 Å². The van der Waals surface area contributed by atoms with Crippen LogP contribution in [0.25, 0.3) is 0 Å². The number of nitrogens with zero attached hydrogens (tertiary/aromatic N) is 2. The van der Waals surface area contributed by atoms with E-state index in [2.05, 4.69) is 27.4 Å². The van der Waals surface area contributed by atoms with E-state index in [1.54, 1.807) is 24.4 Å². The molecule has 0 saturated heterocycles. The van der Waals surface area contributed by atoms with Gasteiger partial charge in [-0.05, 0) is 36.8 Å². The van der Waals surface area contributed by atoms with Gasteiger partial charge in [-0.2, -0.15) is 10.2 Å². The highest BCUT2D eigenvalue weighted by Gasteiger charge is 2.10. The third kappa shape index (κ3) is 4.13. The SMILES string of the molecule is Cc1ccc(C(=O)NCc2cccnn2)c(C#CCN)c1. The number of hydrogen-bond acceptors (Lipinski definition) is 4. The van der Waals surface area contributed by atoms with Gasteiger partial charge in [0.05, 0.1) is 24.3 Å². The predicted molar refractivity (Wildman–Crippen MR) is 80.3 cm³/mol. The van der Waals surface area contributed by atoms with Gasteiger partial charge in [0, 0.05) is 11.8 Å². The molecule has 5 heteroatoms. The summed E-state index contributed by atoms with van der Waals surface area (Å²) in [4.78, 5) is 12.3. The standard InChI is InChI=1S/C16H16N4O/c1-12-6-7-15(13(10-12)4-2-8-17)16(21)18-11-14-5-3-9-19-20-14/h3,5-7,9-10H,8,11,17H2,1H3,(H,18,21). The second-order valence-electron chi connectivity index (χ2n) is 4.45. The lowest BCUT2D eigenvalue weighted by molar-refractivity contribution is 0.0950. The lowest BCUT2D eigenvalue weighted by Crippen LogP contribution is -2.24. The molecule has 106 valence electrons. The quantitative estimate of drug-likeness (QED) is 0.823. The Morgan fingerprint density at radius 3 is 2.95 bits per heavy atom. The van der Waals surface area contributed by atoms with Crippen molar-refractivity contribution < 1.29 is 4.79 Å². The van der Waals surface area contributed by atoms with E-state index in [0.717, 1.165) is 5.56 Å². The first kappa shape index (κ1) is 14.7. The average Bonchev–Trinajstić information content (AvgIpc) is 2.51. The van der Waals surface area contributed by atoms with Gasteiger partial charge in [0.2, 0.25) is 0 Å². The molecule has 0 aliphatic heterocycles. The van der Waals surface area contributed by atoms with Crippen molar-refractivity contribution in [3.05, 3.63) is 58.9 Å². The fourth-order valence-electron chi connectivity index (χ4n) is 1.80. The topological polar surface area (TPSA) is 80.9 Å². The molecule has 1 aromatic carbocycles. The zero-order valence-electron chi connectivity index (χ0n) is 11.8. The van der Waals surface area contributed by atoms with E-state index in [1.807, 2.05) is 19.1 Å². The minimum atomic E-state index is -0.193. The molecule has 21 heavy (non-hydrogen) atoms. The smallest absolute Gasteiger partial charge is 0.252 e. The van der Waals surface area contributed by atoms with Crippen LogP contribution in [0.5, 0.6) is 0 Å². The summed E-state index contributed by atoms with van der Waals surface area (Å²) in [7, 11) is 0. The third-order valence-corrected chi connectivity index (χ3v) is 2.80. The molecule has 5 nitrogen and oxygen atoms in total. The van der Waals surface area contributed by atoms with Gasteiger partial charge >= 0.3 is 0 Å². The first-order chi connectivity index (χ1) is 10.2. The van der Waals surface area contributed by atoms with E-state index in [4.69, 9.17) is 5.73 Å². The van der Waals surface area contributed by atoms with E-state index in [0.29, 0.717) is 23.4 Å². The number of benzene rings is 1. The van der Waals surface area contributed by atoms with Crippen LogP contribution in [0.15, 0.2) is 36.5 Å². The molecule has 0 saturated carbocycles. The maximum atomic E-state index is 12.3. The summed E-state index contributed by atoms with van der Waals surface area (Å²) in [5, 5.41) is 10.5. The summed E-state index contributed by atoms with van der Waals surface area (Å²) in [5.41, 5.74) is 8.34. The maximum Gasteiger partial charge on any atom is 0.252 e. The van der Waals surface area contributed by atoms with Gasteiger partial charge in [0.15, 0.2) is 0 Å². The summed E-state index contributed by atoms with van der Waals surface area (Å²) in [6.45, 7) is 2.54. The Balaban J connectivity index is 2.15. The van der Waals surface area contributed by atoms with Gasteiger partial charge in [0.25, 0.3) is 5.91 Å². The van der Waals surface area contributed by atoms with E-state index >= 15 is 0 Å². The van der Waals surface area contributed by atoms with E-state index < -0.39 is 0 Å². The highest BCUT2D eigenvalue weighted by molar-refractivity contribution is 5.96. The highest BCUT2D eigenvalue weighted by atomic mass is 16.1. The van der Waals surface area contributed by atoms with Gasteiger partial charge in [-0.1, -0.05) is 17.9 Å². The van der Waals surface area contributed by atoms with Gasteiger partial charge in [0.1, 0.15) is 0 Å². The van der Waals surface area contributed by atoms with Crippen molar-refractivity contribution in [2.75, 3.05) is 6.54 Å². The number of aromatic nitrogens is 2. The lowest BCUT2D eigenvalue weighted by Gasteiger charge is -2.07. The number of nitrogens with two attached hydrogens (primary N) is 1. The number of hydrogen-bond donors (Lipinski definition) is 2. The van der Waals surface area contributed by atoms with Gasteiger partial charge in [-0.3, -0.25) is 4.79 Å².